The number of nitrogens with one attached hydrogen (secondary N) is 2. The van der Waals surface area contributed by atoms with Crippen LogP contribution in [-0.2, 0) is 26.3 Å². The predicted octanol–water partition coefficient (Wildman–Crippen LogP) is 0.00400. The van der Waals surface area contributed by atoms with Crippen molar-refractivity contribution in [1.82, 2.24) is 14.7 Å². The van der Waals surface area contributed by atoms with Crippen molar-refractivity contribution in [2.75, 3.05) is 11.9 Å². The number of amides is 1. The third-order valence-corrected chi connectivity index (χ3v) is 3.10. The summed E-state index contributed by atoms with van der Waals surface area (Å²) in [7, 11) is 0. The van der Waals surface area contributed by atoms with Crippen LogP contribution in [-0.4, -0.2) is 33.2 Å². The highest BCUT2D eigenvalue weighted by Gasteiger charge is 2.20. The Hall–Kier alpha value is -3.17. The number of hydrogen-bond acceptors (Lipinski definition) is 7. The fourth-order valence-corrected chi connectivity index (χ4v) is 1.76. The molecule has 25 heavy (non-hydrogen) atoms. The molecule has 0 bridgehead atoms. The number of esters is 1. The van der Waals surface area contributed by atoms with Crippen LogP contribution in [0.4, 0.5) is 5.88 Å². The number of nitrogens with zero attached hydrogens (tertiary/aromatic N) is 2. The van der Waals surface area contributed by atoms with Crippen molar-refractivity contribution in [2.24, 2.45) is 0 Å². The Kier molecular flexibility index (Phi) is 5.20. The normalized spacial score (nSPS) is 11.2. The summed E-state index contributed by atoms with van der Waals surface area (Å²) < 4.78 is 10.7. The number of anilines is 1. The first kappa shape index (κ1) is 18.2. The van der Waals surface area contributed by atoms with Gasteiger partial charge in [-0.05, 0) is 0 Å². The van der Waals surface area contributed by atoms with Crippen LogP contribution in [0.25, 0.3) is 0 Å². The van der Waals surface area contributed by atoms with Gasteiger partial charge in [-0.3, -0.25) is 29.3 Å². The molecule has 0 unspecified atom stereocenters. The molecule has 0 saturated carbocycles. The molecule has 2 aromatic rings. The Morgan fingerprint density at radius 2 is 2.08 bits per heavy atom. The molecule has 2 heterocycles. The SMILES string of the molecule is CC(C)(C)c1cc(NC(=O)COC(=O)Cn2ccc(=O)[nH]c2=O)on1. The Labute approximate surface area is 141 Å². The van der Waals surface area contributed by atoms with Crippen molar-refractivity contribution in [1.29, 1.82) is 0 Å². The Balaban J connectivity index is 1.85. The van der Waals surface area contributed by atoms with Crippen molar-refractivity contribution in [3.8, 4) is 0 Å². The Morgan fingerprint density at radius 1 is 1.36 bits per heavy atom. The molecule has 10 nitrogen and oxygen atoms in total. The average Bonchev–Trinajstić information content (AvgIpc) is 2.97. The first-order valence-corrected chi connectivity index (χ1v) is 7.37. The van der Waals surface area contributed by atoms with Crippen LogP contribution >= 0.6 is 0 Å². The zero-order valence-corrected chi connectivity index (χ0v) is 14.0. The van der Waals surface area contributed by atoms with Gasteiger partial charge in [0.05, 0.1) is 5.69 Å². The summed E-state index contributed by atoms with van der Waals surface area (Å²) in [5.74, 6) is -1.28. The van der Waals surface area contributed by atoms with E-state index in [9.17, 15) is 19.2 Å². The minimum absolute atomic E-state index is 0.142. The molecule has 2 rings (SSSR count). The van der Waals surface area contributed by atoms with Gasteiger partial charge in [0.2, 0.25) is 5.88 Å². The third-order valence-electron chi connectivity index (χ3n) is 3.10. The van der Waals surface area contributed by atoms with E-state index in [1.165, 1.54) is 0 Å². The van der Waals surface area contributed by atoms with Gasteiger partial charge in [-0.15, -0.1) is 0 Å². The first-order chi connectivity index (χ1) is 11.6. The number of carbonyl (C=O) groups excluding carboxylic acids is 2. The topological polar surface area (TPSA) is 136 Å². The molecule has 2 N–H and O–H groups in total. The molecule has 0 aromatic carbocycles. The highest BCUT2D eigenvalue weighted by molar-refractivity contribution is 5.91. The number of ether oxygens (including phenoxy) is 1. The zero-order chi connectivity index (χ0) is 18.6. The van der Waals surface area contributed by atoms with E-state index in [1.54, 1.807) is 6.07 Å². The molecule has 0 atom stereocenters. The molecule has 0 spiro atoms. The second-order valence-electron chi connectivity index (χ2n) is 6.27. The molecule has 134 valence electrons. The van der Waals surface area contributed by atoms with E-state index in [1.807, 2.05) is 25.8 Å². The van der Waals surface area contributed by atoms with E-state index in [0.717, 1.165) is 16.8 Å². The molecule has 0 saturated heterocycles. The van der Waals surface area contributed by atoms with Gasteiger partial charge in [0, 0.05) is 23.7 Å². The summed E-state index contributed by atoms with van der Waals surface area (Å²) in [6, 6.07) is 2.68. The predicted molar refractivity (Wildman–Crippen MR) is 86.1 cm³/mol. The van der Waals surface area contributed by atoms with Crippen molar-refractivity contribution in [2.45, 2.75) is 32.7 Å². The monoisotopic (exact) mass is 350 g/mol. The molecular weight excluding hydrogens is 332 g/mol. The molecule has 0 aliphatic carbocycles. The van der Waals surface area contributed by atoms with Gasteiger partial charge in [-0.1, -0.05) is 25.9 Å². The molecular formula is C15H18N4O6. The number of rotatable bonds is 5. The van der Waals surface area contributed by atoms with Gasteiger partial charge in [-0.2, -0.15) is 0 Å². The smallest absolute Gasteiger partial charge is 0.328 e. The molecule has 1 amide bonds. The van der Waals surface area contributed by atoms with E-state index in [2.05, 4.69) is 10.5 Å². The summed E-state index contributed by atoms with van der Waals surface area (Å²) in [6.45, 7) is 4.84. The lowest BCUT2D eigenvalue weighted by molar-refractivity contribution is -0.148. The van der Waals surface area contributed by atoms with Gasteiger partial charge < -0.3 is 9.26 Å². The number of hydrogen-bond donors (Lipinski definition) is 2. The van der Waals surface area contributed by atoms with E-state index in [4.69, 9.17) is 9.26 Å². The zero-order valence-electron chi connectivity index (χ0n) is 14.0. The van der Waals surface area contributed by atoms with Crippen LogP contribution < -0.4 is 16.6 Å². The van der Waals surface area contributed by atoms with E-state index in [-0.39, 0.29) is 11.3 Å². The Bertz CT molecular complexity index is 886. The fourth-order valence-electron chi connectivity index (χ4n) is 1.76. The second-order valence-corrected chi connectivity index (χ2v) is 6.27. The maximum Gasteiger partial charge on any atom is 0.328 e. The van der Waals surface area contributed by atoms with Crippen molar-refractivity contribution in [3.63, 3.8) is 0 Å². The quantitative estimate of drug-likeness (QED) is 0.724. The van der Waals surface area contributed by atoms with E-state index < -0.39 is 36.3 Å². The lowest BCUT2D eigenvalue weighted by Gasteiger charge is -2.12. The lowest BCUT2D eigenvalue weighted by Crippen LogP contribution is -2.32. The Morgan fingerprint density at radius 3 is 2.68 bits per heavy atom. The first-order valence-electron chi connectivity index (χ1n) is 7.37. The standard InChI is InChI=1S/C15H18N4O6/c1-15(2,3)9-6-12(25-18-9)16-11(21)8-24-13(22)7-19-5-4-10(20)17-14(19)23/h4-6H,7-8H2,1-3H3,(H,16,21)(H,17,20,23). The molecule has 0 aliphatic heterocycles. The number of aromatic nitrogens is 3. The van der Waals surface area contributed by atoms with Crippen molar-refractivity contribution < 1.29 is 18.8 Å². The molecule has 0 radical (unpaired) electrons. The van der Waals surface area contributed by atoms with E-state index in [0.29, 0.717) is 5.69 Å². The number of aromatic amines is 1. The van der Waals surface area contributed by atoms with Gasteiger partial charge in [-0.25, -0.2) is 4.79 Å². The highest BCUT2D eigenvalue weighted by Crippen LogP contribution is 2.23. The summed E-state index contributed by atoms with van der Waals surface area (Å²) >= 11 is 0. The van der Waals surface area contributed by atoms with Crippen molar-refractivity contribution >= 4 is 17.8 Å². The average molecular weight is 350 g/mol. The molecule has 0 fully saturated rings. The summed E-state index contributed by atoms with van der Waals surface area (Å²) in [6.07, 6.45) is 1.16. The maximum atomic E-state index is 11.7. The second kappa shape index (κ2) is 7.16. The lowest BCUT2D eigenvalue weighted by atomic mass is 9.92. The van der Waals surface area contributed by atoms with Crippen LogP contribution in [0.3, 0.4) is 0 Å². The fraction of sp³-hybridized carbons (Fsp3) is 0.400. The van der Waals surface area contributed by atoms with Gasteiger partial charge in [0.1, 0.15) is 6.54 Å². The van der Waals surface area contributed by atoms with Crippen molar-refractivity contribution in [3.05, 3.63) is 44.9 Å². The van der Waals surface area contributed by atoms with Crippen LogP contribution in [0.2, 0.25) is 0 Å². The molecule has 2 aromatic heterocycles. The molecule has 10 heteroatoms. The van der Waals surface area contributed by atoms with Crippen LogP contribution in [0.15, 0.2) is 32.4 Å². The summed E-state index contributed by atoms with van der Waals surface area (Å²) in [5, 5.41) is 6.25. The minimum atomic E-state index is -0.808. The number of H-pyrrole nitrogens is 1. The largest absolute Gasteiger partial charge is 0.454 e. The third kappa shape index (κ3) is 5.16. The van der Waals surface area contributed by atoms with Gasteiger partial charge in [0.25, 0.3) is 11.5 Å². The van der Waals surface area contributed by atoms with Crippen LogP contribution in [0.1, 0.15) is 26.5 Å². The molecule has 0 aliphatic rings. The van der Waals surface area contributed by atoms with Crippen LogP contribution in [0.5, 0.6) is 0 Å². The highest BCUT2D eigenvalue weighted by atomic mass is 16.5. The maximum absolute atomic E-state index is 11.7. The summed E-state index contributed by atoms with van der Waals surface area (Å²) in [4.78, 5) is 47.8. The number of carbonyl (C=O) groups is 2. The minimum Gasteiger partial charge on any atom is -0.454 e. The van der Waals surface area contributed by atoms with Gasteiger partial charge >= 0.3 is 11.7 Å². The van der Waals surface area contributed by atoms with Crippen LogP contribution in [0, 0.1) is 0 Å². The van der Waals surface area contributed by atoms with E-state index >= 15 is 0 Å². The van der Waals surface area contributed by atoms with Gasteiger partial charge in [0.15, 0.2) is 6.61 Å². The summed E-state index contributed by atoms with van der Waals surface area (Å²) in [5.41, 5.74) is -0.888.